The molecule has 0 radical (unpaired) electrons. The van der Waals surface area contributed by atoms with Gasteiger partial charge in [0.1, 0.15) is 0 Å². The quantitative estimate of drug-likeness (QED) is 0.651. The number of rotatable bonds is 5. The van der Waals surface area contributed by atoms with Crippen LogP contribution in [0.15, 0.2) is 60.7 Å². The van der Waals surface area contributed by atoms with Gasteiger partial charge in [0, 0.05) is 0 Å². The van der Waals surface area contributed by atoms with Crippen LogP contribution in [0.25, 0.3) is 0 Å². The maximum Gasteiger partial charge on any atom is 0.0639 e. The molecule has 3 rings (SSSR count). The number of piperidine rings is 1. The van der Waals surface area contributed by atoms with E-state index >= 15 is 0 Å². The molecule has 0 spiro atoms. The van der Waals surface area contributed by atoms with Crippen LogP contribution in [0.1, 0.15) is 30.0 Å². The molecule has 2 aromatic rings. The van der Waals surface area contributed by atoms with E-state index < -0.39 is 0 Å². The normalized spacial score (nSPS) is 17.0. The van der Waals surface area contributed by atoms with Crippen LogP contribution in [0.4, 0.5) is 0 Å². The average molecular weight is 313 g/mol. The van der Waals surface area contributed by atoms with E-state index in [0.29, 0.717) is 12.0 Å². The maximum absolute atomic E-state index is 5.02. The number of likely N-dealkylation sites (tertiary alicyclic amines) is 1. The highest BCUT2D eigenvalue weighted by molar-refractivity contribution is 7.75. The van der Waals surface area contributed by atoms with E-state index in [1.807, 2.05) is 0 Å². The standard InChI is InChI=1S/C19H23NOS/c22-21-15-16-11-13-20(14-12-16)19(17-7-3-1-4-8-17)18-9-5-2-6-10-18/h1-10,16,19,22H,11-15H2. The summed E-state index contributed by atoms with van der Waals surface area (Å²) in [5.41, 5.74) is 2.75. The summed E-state index contributed by atoms with van der Waals surface area (Å²) in [7, 11) is 0. The number of thiol groups is 1. The molecular formula is C19H23NOS. The minimum Gasteiger partial charge on any atom is -0.318 e. The Balaban J connectivity index is 1.81. The zero-order chi connectivity index (χ0) is 15.2. The fraction of sp³-hybridized carbons (Fsp3) is 0.368. The molecule has 0 amide bonds. The first-order valence-corrected chi connectivity index (χ1v) is 8.35. The zero-order valence-corrected chi connectivity index (χ0v) is 13.7. The summed E-state index contributed by atoms with van der Waals surface area (Å²) in [4.78, 5) is 2.60. The van der Waals surface area contributed by atoms with Gasteiger partial charge >= 0.3 is 0 Å². The van der Waals surface area contributed by atoms with Crippen LogP contribution in [-0.4, -0.2) is 24.6 Å². The molecule has 1 saturated heterocycles. The third kappa shape index (κ3) is 3.72. The summed E-state index contributed by atoms with van der Waals surface area (Å²) in [6, 6.07) is 22.0. The predicted octanol–water partition coefficient (Wildman–Crippen LogP) is 4.35. The molecular weight excluding hydrogens is 290 g/mol. The van der Waals surface area contributed by atoms with Crippen LogP contribution in [0, 0.1) is 5.92 Å². The van der Waals surface area contributed by atoms with E-state index in [2.05, 4.69) is 78.5 Å². The second-order valence-electron chi connectivity index (χ2n) is 6.00. The number of benzene rings is 2. The minimum absolute atomic E-state index is 0.347. The molecule has 0 bridgehead atoms. The van der Waals surface area contributed by atoms with Gasteiger partial charge in [-0.05, 0) is 55.9 Å². The summed E-state index contributed by atoms with van der Waals surface area (Å²) >= 11 is 3.89. The highest BCUT2D eigenvalue weighted by Crippen LogP contribution is 2.32. The molecule has 22 heavy (non-hydrogen) atoms. The van der Waals surface area contributed by atoms with Crippen molar-refractivity contribution in [1.82, 2.24) is 4.90 Å². The third-order valence-electron chi connectivity index (χ3n) is 4.56. The van der Waals surface area contributed by atoms with Crippen molar-refractivity contribution >= 4 is 12.9 Å². The van der Waals surface area contributed by atoms with Gasteiger partial charge in [0.15, 0.2) is 0 Å². The lowest BCUT2D eigenvalue weighted by Gasteiger charge is -2.38. The van der Waals surface area contributed by atoms with Crippen molar-refractivity contribution in [3.05, 3.63) is 71.8 Å². The van der Waals surface area contributed by atoms with Crippen molar-refractivity contribution in [2.24, 2.45) is 5.92 Å². The monoisotopic (exact) mass is 313 g/mol. The summed E-state index contributed by atoms with van der Waals surface area (Å²) in [6.45, 7) is 2.98. The Labute approximate surface area is 138 Å². The second kappa shape index (κ2) is 7.82. The van der Waals surface area contributed by atoms with E-state index in [-0.39, 0.29) is 0 Å². The first kappa shape index (κ1) is 15.6. The Morgan fingerprint density at radius 2 is 1.41 bits per heavy atom. The molecule has 1 fully saturated rings. The van der Waals surface area contributed by atoms with Crippen LogP contribution in [0.3, 0.4) is 0 Å². The second-order valence-corrected chi connectivity index (χ2v) is 6.26. The van der Waals surface area contributed by atoms with Crippen LogP contribution < -0.4 is 0 Å². The highest BCUT2D eigenvalue weighted by Gasteiger charge is 2.27. The minimum atomic E-state index is 0.347. The molecule has 0 unspecified atom stereocenters. The van der Waals surface area contributed by atoms with E-state index in [1.54, 1.807) is 0 Å². The molecule has 1 heterocycles. The smallest absolute Gasteiger partial charge is 0.0639 e. The highest BCUT2D eigenvalue weighted by atomic mass is 32.1. The lowest BCUT2D eigenvalue weighted by Crippen LogP contribution is -2.38. The first-order chi connectivity index (χ1) is 10.9. The Morgan fingerprint density at radius 3 is 1.86 bits per heavy atom. The van der Waals surface area contributed by atoms with Crippen LogP contribution >= 0.6 is 12.9 Å². The first-order valence-electron chi connectivity index (χ1n) is 7.99. The van der Waals surface area contributed by atoms with Crippen LogP contribution in [-0.2, 0) is 4.18 Å². The number of nitrogens with zero attached hydrogens (tertiary/aromatic N) is 1. The molecule has 0 aliphatic carbocycles. The number of hydrogen-bond acceptors (Lipinski definition) is 3. The van der Waals surface area contributed by atoms with Crippen molar-refractivity contribution in [3.63, 3.8) is 0 Å². The summed E-state index contributed by atoms with van der Waals surface area (Å²) in [6.07, 6.45) is 2.35. The van der Waals surface area contributed by atoms with Gasteiger partial charge in [0.2, 0.25) is 0 Å². The van der Waals surface area contributed by atoms with Gasteiger partial charge < -0.3 is 4.18 Å². The van der Waals surface area contributed by atoms with Gasteiger partial charge in [-0.25, -0.2) is 0 Å². The lowest BCUT2D eigenvalue weighted by atomic mass is 9.92. The maximum atomic E-state index is 5.02. The molecule has 2 aromatic carbocycles. The van der Waals surface area contributed by atoms with Crippen LogP contribution in [0.5, 0.6) is 0 Å². The van der Waals surface area contributed by atoms with Crippen molar-refractivity contribution in [3.8, 4) is 0 Å². The van der Waals surface area contributed by atoms with Gasteiger partial charge in [-0.3, -0.25) is 4.90 Å². The van der Waals surface area contributed by atoms with Gasteiger partial charge in [0.05, 0.1) is 12.6 Å². The van der Waals surface area contributed by atoms with E-state index in [9.17, 15) is 0 Å². The lowest BCUT2D eigenvalue weighted by molar-refractivity contribution is 0.127. The van der Waals surface area contributed by atoms with E-state index in [1.165, 1.54) is 24.0 Å². The Kier molecular flexibility index (Phi) is 5.54. The average Bonchev–Trinajstić information content (AvgIpc) is 2.59. The topological polar surface area (TPSA) is 12.5 Å². The van der Waals surface area contributed by atoms with E-state index in [0.717, 1.165) is 19.7 Å². The molecule has 0 N–H and O–H groups in total. The predicted molar refractivity (Wildman–Crippen MR) is 94.0 cm³/mol. The zero-order valence-electron chi connectivity index (χ0n) is 12.8. The van der Waals surface area contributed by atoms with Gasteiger partial charge in [-0.15, -0.1) is 0 Å². The number of hydrogen-bond donors (Lipinski definition) is 1. The molecule has 0 atom stereocenters. The molecule has 0 aromatic heterocycles. The Bertz CT molecular complexity index is 513. The molecule has 1 aliphatic rings. The molecule has 116 valence electrons. The molecule has 2 nitrogen and oxygen atoms in total. The SMILES string of the molecule is SOCC1CCN(C(c2ccccc2)c2ccccc2)CC1. The summed E-state index contributed by atoms with van der Waals surface area (Å²) in [5.74, 6) is 0.640. The van der Waals surface area contributed by atoms with Crippen molar-refractivity contribution in [2.45, 2.75) is 18.9 Å². The molecule has 3 heteroatoms. The largest absolute Gasteiger partial charge is 0.318 e. The Hall–Kier alpha value is -1.29. The van der Waals surface area contributed by atoms with Crippen molar-refractivity contribution < 1.29 is 4.18 Å². The van der Waals surface area contributed by atoms with Crippen molar-refractivity contribution in [1.29, 1.82) is 0 Å². The third-order valence-corrected chi connectivity index (χ3v) is 4.70. The Morgan fingerprint density at radius 1 is 0.909 bits per heavy atom. The van der Waals surface area contributed by atoms with E-state index in [4.69, 9.17) is 4.18 Å². The molecule has 0 saturated carbocycles. The fourth-order valence-electron chi connectivity index (χ4n) is 3.37. The molecule has 1 aliphatic heterocycles. The van der Waals surface area contributed by atoms with Gasteiger partial charge in [-0.1, -0.05) is 60.7 Å². The fourth-order valence-corrected chi connectivity index (χ4v) is 3.58. The van der Waals surface area contributed by atoms with Gasteiger partial charge in [0.25, 0.3) is 0 Å². The van der Waals surface area contributed by atoms with Crippen molar-refractivity contribution in [2.75, 3.05) is 19.7 Å². The summed E-state index contributed by atoms with van der Waals surface area (Å²) in [5, 5.41) is 0. The van der Waals surface area contributed by atoms with Crippen LogP contribution in [0.2, 0.25) is 0 Å². The summed E-state index contributed by atoms with van der Waals surface area (Å²) < 4.78 is 5.02. The van der Waals surface area contributed by atoms with Gasteiger partial charge in [-0.2, -0.15) is 0 Å².